The van der Waals surface area contributed by atoms with Crippen molar-refractivity contribution in [2.24, 2.45) is 0 Å². The highest BCUT2D eigenvalue weighted by Gasteiger charge is 2.18. The third-order valence-electron chi connectivity index (χ3n) is 3.40. The highest BCUT2D eigenvalue weighted by atomic mass is 35.5. The number of anilines is 1. The molecule has 1 atom stereocenters. The Hall–Kier alpha value is -1.32. The molecule has 0 amide bonds. The van der Waals surface area contributed by atoms with Crippen LogP contribution in [-0.2, 0) is 0 Å². The second-order valence-corrected chi connectivity index (χ2v) is 5.17. The Morgan fingerprint density at radius 3 is 3.11 bits per heavy atom. The smallest absolute Gasteiger partial charge is 0.0950 e. The number of nitrogens with zero attached hydrogens (tertiary/aromatic N) is 2. The molecular weight excluding hydrogens is 246 g/mol. The number of nitrogens with one attached hydrogen (secondary N) is 1. The summed E-state index contributed by atoms with van der Waals surface area (Å²) in [6, 6.07) is 8.51. The van der Waals surface area contributed by atoms with Gasteiger partial charge in [0.05, 0.1) is 16.2 Å². The van der Waals surface area contributed by atoms with Gasteiger partial charge in [0.25, 0.3) is 0 Å². The summed E-state index contributed by atoms with van der Waals surface area (Å²) in [4.78, 5) is 6.88. The van der Waals surface area contributed by atoms with E-state index in [2.05, 4.69) is 28.2 Å². The Bertz CT molecular complexity index is 570. The zero-order valence-corrected chi connectivity index (χ0v) is 11.1. The maximum absolute atomic E-state index is 6.23. The first-order valence-corrected chi connectivity index (χ1v) is 6.65. The van der Waals surface area contributed by atoms with E-state index >= 15 is 0 Å². The van der Waals surface area contributed by atoms with Gasteiger partial charge in [-0.3, -0.25) is 4.98 Å². The highest BCUT2D eigenvalue weighted by Crippen LogP contribution is 2.30. The molecule has 1 unspecified atom stereocenters. The molecular formula is C14H16ClN3. The van der Waals surface area contributed by atoms with Crippen molar-refractivity contribution in [3.05, 3.63) is 35.5 Å². The van der Waals surface area contributed by atoms with E-state index in [1.165, 1.54) is 5.69 Å². The van der Waals surface area contributed by atoms with Crippen molar-refractivity contribution in [1.82, 2.24) is 10.3 Å². The van der Waals surface area contributed by atoms with Crippen LogP contribution in [0, 0.1) is 0 Å². The number of halogens is 1. The van der Waals surface area contributed by atoms with E-state index in [-0.39, 0.29) is 0 Å². The van der Waals surface area contributed by atoms with Crippen molar-refractivity contribution < 1.29 is 0 Å². The fourth-order valence-electron chi connectivity index (χ4n) is 2.53. The number of piperazine rings is 1. The number of rotatable bonds is 1. The van der Waals surface area contributed by atoms with Crippen LogP contribution in [0.15, 0.2) is 30.5 Å². The molecule has 2 aromatic rings. The lowest BCUT2D eigenvalue weighted by Gasteiger charge is -2.34. The van der Waals surface area contributed by atoms with Gasteiger partial charge < -0.3 is 10.2 Å². The Morgan fingerprint density at radius 2 is 2.28 bits per heavy atom. The van der Waals surface area contributed by atoms with Crippen molar-refractivity contribution in [2.45, 2.75) is 13.0 Å². The summed E-state index contributed by atoms with van der Waals surface area (Å²) >= 11 is 6.23. The van der Waals surface area contributed by atoms with Crippen LogP contribution in [-0.4, -0.2) is 30.7 Å². The standard InChI is InChI=1S/C14H16ClN3/c1-10-9-18(8-7-16-10)13-5-4-12(15)11-3-2-6-17-14(11)13/h2-6,10,16H,7-9H2,1H3. The summed E-state index contributed by atoms with van der Waals surface area (Å²) < 4.78 is 0. The first kappa shape index (κ1) is 11.8. The average molecular weight is 262 g/mol. The number of benzene rings is 1. The third-order valence-corrected chi connectivity index (χ3v) is 3.73. The summed E-state index contributed by atoms with van der Waals surface area (Å²) in [7, 11) is 0. The number of pyridine rings is 1. The normalized spacial score (nSPS) is 20.3. The molecule has 1 aliphatic rings. The molecule has 0 spiro atoms. The molecule has 1 saturated heterocycles. The van der Waals surface area contributed by atoms with Gasteiger partial charge >= 0.3 is 0 Å². The minimum absolute atomic E-state index is 0.508. The third kappa shape index (κ3) is 2.04. The maximum atomic E-state index is 6.23. The molecule has 3 rings (SSSR count). The first-order valence-electron chi connectivity index (χ1n) is 6.27. The Labute approximate surface area is 112 Å². The second kappa shape index (κ2) is 4.75. The van der Waals surface area contributed by atoms with Crippen LogP contribution in [0.4, 0.5) is 5.69 Å². The molecule has 0 aliphatic carbocycles. The van der Waals surface area contributed by atoms with Crippen LogP contribution in [0.2, 0.25) is 5.02 Å². The molecule has 1 aliphatic heterocycles. The van der Waals surface area contributed by atoms with Crippen molar-refractivity contribution in [3.8, 4) is 0 Å². The molecule has 1 aromatic heterocycles. The minimum Gasteiger partial charge on any atom is -0.367 e. The van der Waals surface area contributed by atoms with Gasteiger partial charge in [-0.1, -0.05) is 11.6 Å². The Balaban J connectivity index is 2.09. The van der Waals surface area contributed by atoms with Crippen LogP contribution in [0.3, 0.4) is 0 Å². The fraction of sp³-hybridized carbons (Fsp3) is 0.357. The van der Waals surface area contributed by atoms with Crippen LogP contribution in [0.5, 0.6) is 0 Å². The largest absolute Gasteiger partial charge is 0.367 e. The predicted octanol–water partition coefficient (Wildman–Crippen LogP) is 2.69. The SMILES string of the molecule is CC1CN(c2ccc(Cl)c3cccnc23)CCN1. The lowest BCUT2D eigenvalue weighted by atomic mass is 10.1. The number of hydrogen-bond acceptors (Lipinski definition) is 3. The van der Waals surface area contributed by atoms with Crippen LogP contribution >= 0.6 is 11.6 Å². The van der Waals surface area contributed by atoms with E-state index in [0.717, 1.165) is 35.6 Å². The van der Waals surface area contributed by atoms with E-state index in [9.17, 15) is 0 Å². The summed E-state index contributed by atoms with van der Waals surface area (Å²) in [5.41, 5.74) is 2.18. The van der Waals surface area contributed by atoms with Crippen molar-refractivity contribution in [2.75, 3.05) is 24.5 Å². The summed E-state index contributed by atoms with van der Waals surface area (Å²) in [6.45, 7) is 5.24. The minimum atomic E-state index is 0.508. The topological polar surface area (TPSA) is 28.2 Å². The lowest BCUT2D eigenvalue weighted by molar-refractivity contribution is 0.485. The van der Waals surface area contributed by atoms with Gasteiger partial charge in [0.15, 0.2) is 0 Å². The summed E-state index contributed by atoms with van der Waals surface area (Å²) in [5.74, 6) is 0. The van der Waals surface area contributed by atoms with Gasteiger partial charge in [0, 0.05) is 37.3 Å². The van der Waals surface area contributed by atoms with Crippen molar-refractivity contribution in [1.29, 1.82) is 0 Å². The van der Waals surface area contributed by atoms with E-state index in [1.54, 1.807) is 0 Å². The molecule has 1 N–H and O–H groups in total. The van der Waals surface area contributed by atoms with Gasteiger partial charge in [-0.05, 0) is 31.2 Å². The predicted molar refractivity (Wildman–Crippen MR) is 76.4 cm³/mol. The molecule has 2 heterocycles. The first-order chi connectivity index (χ1) is 8.75. The molecule has 3 nitrogen and oxygen atoms in total. The summed E-state index contributed by atoms with van der Waals surface area (Å²) in [5, 5.41) is 5.25. The average Bonchev–Trinajstić information content (AvgIpc) is 2.39. The van der Waals surface area contributed by atoms with E-state index in [4.69, 9.17) is 11.6 Å². The van der Waals surface area contributed by atoms with E-state index in [0.29, 0.717) is 6.04 Å². The molecule has 0 radical (unpaired) electrons. The van der Waals surface area contributed by atoms with Crippen LogP contribution in [0.25, 0.3) is 10.9 Å². The molecule has 18 heavy (non-hydrogen) atoms. The van der Waals surface area contributed by atoms with E-state index < -0.39 is 0 Å². The lowest BCUT2D eigenvalue weighted by Crippen LogP contribution is -2.49. The Kier molecular flexibility index (Phi) is 3.10. The number of fused-ring (bicyclic) bond motifs is 1. The molecule has 0 saturated carbocycles. The van der Waals surface area contributed by atoms with E-state index in [1.807, 2.05) is 24.4 Å². The molecule has 94 valence electrons. The molecule has 0 bridgehead atoms. The maximum Gasteiger partial charge on any atom is 0.0950 e. The molecule has 1 fully saturated rings. The van der Waals surface area contributed by atoms with Crippen LogP contribution in [0.1, 0.15) is 6.92 Å². The Morgan fingerprint density at radius 1 is 1.39 bits per heavy atom. The van der Waals surface area contributed by atoms with Crippen molar-refractivity contribution >= 4 is 28.2 Å². The molecule has 1 aromatic carbocycles. The fourth-order valence-corrected chi connectivity index (χ4v) is 2.74. The second-order valence-electron chi connectivity index (χ2n) is 4.77. The molecule has 4 heteroatoms. The number of hydrogen-bond donors (Lipinski definition) is 1. The van der Waals surface area contributed by atoms with Gasteiger partial charge in [0.1, 0.15) is 0 Å². The number of aromatic nitrogens is 1. The van der Waals surface area contributed by atoms with Gasteiger partial charge in [-0.2, -0.15) is 0 Å². The summed E-state index contributed by atoms with van der Waals surface area (Å²) in [6.07, 6.45) is 1.83. The van der Waals surface area contributed by atoms with Gasteiger partial charge in [-0.15, -0.1) is 0 Å². The zero-order chi connectivity index (χ0) is 12.5. The highest BCUT2D eigenvalue weighted by molar-refractivity contribution is 6.35. The van der Waals surface area contributed by atoms with Crippen LogP contribution < -0.4 is 10.2 Å². The quantitative estimate of drug-likeness (QED) is 0.856. The monoisotopic (exact) mass is 261 g/mol. The van der Waals surface area contributed by atoms with Gasteiger partial charge in [0.2, 0.25) is 0 Å². The van der Waals surface area contributed by atoms with Gasteiger partial charge in [-0.25, -0.2) is 0 Å². The zero-order valence-electron chi connectivity index (χ0n) is 10.4. The van der Waals surface area contributed by atoms with Crippen molar-refractivity contribution in [3.63, 3.8) is 0 Å².